The van der Waals surface area contributed by atoms with Gasteiger partial charge in [-0.25, -0.2) is 17.8 Å². The Bertz CT molecular complexity index is 729. The smallest absolute Gasteiger partial charge is 0.418 e. The Morgan fingerprint density at radius 3 is 2.56 bits per heavy atom. The molecule has 0 fully saturated rings. The van der Waals surface area contributed by atoms with Gasteiger partial charge in [0.25, 0.3) is 0 Å². The van der Waals surface area contributed by atoms with Crippen LogP contribution >= 0.6 is 0 Å². The molecule has 96 valence electrons. The molecule has 0 radical (unpaired) electrons. The summed E-state index contributed by atoms with van der Waals surface area (Å²) in [6.07, 6.45) is 1.23. The molecule has 0 atom stereocenters. The van der Waals surface area contributed by atoms with Gasteiger partial charge in [0.1, 0.15) is 0 Å². The van der Waals surface area contributed by atoms with Crippen LogP contribution in [0.1, 0.15) is 0 Å². The molecule has 2 aromatic rings. The van der Waals surface area contributed by atoms with Crippen molar-refractivity contribution in [2.24, 2.45) is 0 Å². The van der Waals surface area contributed by atoms with Crippen LogP contribution in [0.5, 0.6) is 5.88 Å². The molecule has 1 aromatic heterocycles. The van der Waals surface area contributed by atoms with E-state index in [2.05, 4.69) is 0 Å². The zero-order valence-corrected chi connectivity index (χ0v) is 10.6. The number of fused-ring (bicyclic) bond motifs is 1. The van der Waals surface area contributed by atoms with E-state index >= 15 is 0 Å². The maximum absolute atomic E-state index is 11.4. The lowest BCUT2D eigenvalue weighted by atomic mass is 10.2. The van der Waals surface area contributed by atoms with E-state index in [0.717, 1.165) is 10.8 Å². The van der Waals surface area contributed by atoms with Crippen molar-refractivity contribution in [3.63, 3.8) is 0 Å². The molecule has 0 amide bonds. The van der Waals surface area contributed by atoms with E-state index in [1.165, 1.54) is 31.5 Å². The molecular weight excluding hydrogens is 258 g/mol. The van der Waals surface area contributed by atoms with E-state index in [0.29, 0.717) is 10.8 Å². The van der Waals surface area contributed by atoms with Crippen molar-refractivity contribution in [3.8, 4) is 5.88 Å². The number of carboxylic acid groups (broad SMARTS) is 1. The Labute approximate surface area is 103 Å². The zero-order chi connectivity index (χ0) is 13.5. The number of nitrogens with zero attached hydrogens (tertiary/aromatic N) is 1. The molecule has 1 aromatic carbocycles. The molecular formula is C11H11NO5S. The Balaban J connectivity index is 2.77. The first-order valence-corrected chi connectivity index (χ1v) is 6.86. The molecule has 0 saturated heterocycles. The first kappa shape index (κ1) is 12.4. The summed E-state index contributed by atoms with van der Waals surface area (Å²) in [5.74, 6) is 0.164. The normalized spacial score (nSPS) is 11.7. The summed E-state index contributed by atoms with van der Waals surface area (Å²) in [4.78, 5) is 11.1. The minimum absolute atomic E-state index is 0.139. The SMILES string of the molecule is COc1c2ccc(S(C)(=O)=O)cc2cn1C(=O)O. The zero-order valence-electron chi connectivity index (χ0n) is 9.75. The highest BCUT2D eigenvalue weighted by Gasteiger charge is 2.16. The lowest BCUT2D eigenvalue weighted by Gasteiger charge is -2.02. The molecule has 18 heavy (non-hydrogen) atoms. The maximum atomic E-state index is 11.4. The molecule has 1 N–H and O–H groups in total. The molecule has 0 aliphatic heterocycles. The van der Waals surface area contributed by atoms with Gasteiger partial charge in [-0.15, -0.1) is 0 Å². The van der Waals surface area contributed by atoms with Gasteiger partial charge in [-0.3, -0.25) is 0 Å². The van der Waals surface area contributed by atoms with Gasteiger partial charge in [-0.05, 0) is 18.2 Å². The van der Waals surface area contributed by atoms with Gasteiger partial charge in [0.05, 0.1) is 12.0 Å². The molecule has 1 heterocycles. The largest absolute Gasteiger partial charge is 0.481 e. The van der Waals surface area contributed by atoms with E-state index in [1.54, 1.807) is 0 Å². The molecule has 6 nitrogen and oxygen atoms in total. The molecule has 0 spiro atoms. The van der Waals surface area contributed by atoms with Crippen LogP contribution in [0.3, 0.4) is 0 Å². The van der Waals surface area contributed by atoms with E-state index in [4.69, 9.17) is 9.84 Å². The average Bonchev–Trinajstić information content (AvgIpc) is 2.65. The molecule has 0 aliphatic carbocycles. The highest BCUT2D eigenvalue weighted by molar-refractivity contribution is 7.90. The van der Waals surface area contributed by atoms with Crippen molar-refractivity contribution in [1.82, 2.24) is 4.57 Å². The second-order valence-electron chi connectivity index (χ2n) is 3.81. The Morgan fingerprint density at radius 2 is 2.06 bits per heavy atom. The Hall–Kier alpha value is -2.02. The van der Waals surface area contributed by atoms with E-state index in [1.807, 2.05) is 0 Å². The van der Waals surface area contributed by atoms with Gasteiger partial charge in [-0.2, -0.15) is 0 Å². The number of rotatable bonds is 2. The lowest BCUT2D eigenvalue weighted by molar-refractivity contribution is 0.193. The monoisotopic (exact) mass is 269 g/mol. The van der Waals surface area contributed by atoms with Crippen molar-refractivity contribution in [2.75, 3.05) is 13.4 Å². The fourth-order valence-electron chi connectivity index (χ4n) is 1.75. The Kier molecular flexibility index (Phi) is 2.78. The molecule has 0 aliphatic rings. The molecule has 0 bridgehead atoms. The fraction of sp³-hybridized carbons (Fsp3) is 0.182. The predicted octanol–water partition coefficient (Wildman–Crippen LogP) is 1.58. The first-order valence-electron chi connectivity index (χ1n) is 4.97. The van der Waals surface area contributed by atoms with Gasteiger partial charge in [-0.1, -0.05) is 0 Å². The van der Waals surface area contributed by atoms with Gasteiger partial charge >= 0.3 is 6.09 Å². The van der Waals surface area contributed by atoms with Crippen LogP contribution in [0.25, 0.3) is 10.8 Å². The number of sulfone groups is 1. The van der Waals surface area contributed by atoms with E-state index < -0.39 is 15.9 Å². The predicted molar refractivity (Wildman–Crippen MR) is 65.0 cm³/mol. The van der Waals surface area contributed by atoms with Crippen LogP contribution in [0, 0.1) is 0 Å². The third-order valence-corrected chi connectivity index (χ3v) is 3.68. The van der Waals surface area contributed by atoms with Crippen LogP contribution < -0.4 is 4.74 Å². The quantitative estimate of drug-likeness (QED) is 0.894. The van der Waals surface area contributed by atoms with Crippen molar-refractivity contribution >= 4 is 26.7 Å². The number of benzene rings is 1. The number of aromatic nitrogens is 1. The van der Waals surface area contributed by atoms with E-state index in [9.17, 15) is 13.2 Å². The van der Waals surface area contributed by atoms with Crippen LogP contribution in [0.2, 0.25) is 0 Å². The number of ether oxygens (including phenoxy) is 1. The standard InChI is InChI=1S/C11H11NO5S/c1-17-10-9-4-3-8(18(2,15)16)5-7(9)6-12(10)11(13)14/h3-6H,1-2H3,(H,13,14). The van der Waals surface area contributed by atoms with Gasteiger partial charge in [0.15, 0.2) is 9.84 Å². The number of methoxy groups -OCH3 is 1. The summed E-state index contributed by atoms with van der Waals surface area (Å²) >= 11 is 0. The van der Waals surface area contributed by atoms with Crippen molar-refractivity contribution in [1.29, 1.82) is 0 Å². The summed E-state index contributed by atoms with van der Waals surface area (Å²) in [6, 6.07) is 4.38. The molecule has 2 rings (SSSR count). The summed E-state index contributed by atoms with van der Waals surface area (Å²) in [7, 11) is -1.96. The third-order valence-electron chi connectivity index (χ3n) is 2.57. The number of hydrogen-bond donors (Lipinski definition) is 1. The highest BCUT2D eigenvalue weighted by atomic mass is 32.2. The summed E-state index contributed by atoms with van der Waals surface area (Å²) in [6.45, 7) is 0. The van der Waals surface area contributed by atoms with Crippen LogP contribution in [-0.2, 0) is 9.84 Å². The summed E-state index contributed by atoms with van der Waals surface area (Å²) in [5.41, 5.74) is 0. The minimum Gasteiger partial charge on any atom is -0.481 e. The lowest BCUT2D eigenvalue weighted by Crippen LogP contribution is -2.07. The first-order chi connectivity index (χ1) is 8.34. The minimum atomic E-state index is -3.32. The topological polar surface area (TPSA) is 85.6 Å². The number of hydrogen-bond acceptors (Lipinski definition) is 4. The molecule has 0 saturated carbocycles. The molecule has 7 heteroatoms. The average molecular weight is 269 g/mol. The van der Waals surface area contributed by atoms with Crippen molar-refractivity contribution in [2.45, 2.75) is 4.90 Å². The van der Waals surface area contributed by atoms with Gasteiger partial charge < -0.3 is 9.84 Å². The van der Waals surface area contributed by atoms with Gasteiger partial charge in [0, 0.05) is 23.2 Å². The maximum Gasteiger partial charge on any atom is 0.418 e. The summed E-state index contributed by atoms with van der Waals surface area (Å²) < 4.78 is 28.8. The highest BCUT2D eigenvalue weighted by Crippen LogP contribution is 2.29. The van der Waals surface area contributed by atoms with E-state index in [-0.39, 0.29) is 10.8 Å². The van der Waals surface area contributed by atoms with Crippen LogP contribution in [-0.4, -0.2) is 37.6 Å². The summed E-state index contributed by atoms with van der Waals surface area (Å²) in [5, 5.41) is 10.0. The van der Waals surface area contributed by atoms with Crippen LogP contribution in [0.4, 0.5) is 4.79 Å². The molecule has 0 unspecified atom stereocenters. The van der Waals surface area contributed by atoms with Gasteiger partial charge in [0.2, 0.25) is 5.88 Å². The second-order valence-corrected chi connectivity index (χ2v) is 5.83. The Morgan fingerprint density at radius 1 is 1.39 bits per heavy atom. The third kappa shape index (κ3) is 1.92. The fourth-order valence-corrected chi connectivity index (χ4v) is 2.41. The second kappa shape index (κ2) is 4.02. The van der Waals surface area contributed by atoms with Crippen molar-refractivity contribution in [3.05, 3.63) is 24.4 Å². The van der Waals surface area contributed by atoms with Crippen molar-refractivity contribution < 1.29 is 23.1 Å². The van der Waals surface area contributed by atoms with Crippen LogP contribution in [0.15, 0.2) is 29.3 Å². The number of carbonyl (C=O) groups is 1.